The van der Waals surface area contributed by atoms with Crippen molar-refractivity contribution in [2.45, 2.75) is 19.9 Å². The zero-order valence-electron chi connectivity index (χ0n) is 10.0. The number of rotatable bonds is 4. The third-order valence-corrected chi connectivity index (χ3v) is 4.15. The Kier molecular flexibility index (Phi) is 4.37. The Hall–Kier alpha value is -0.640. The molecule has 1 unspecified atom stereocenters. The fourth-order valence-corrected chi connectivity index (χ4v) is 3.15. The number of thiophene rings is 1. The topological polar surface area (TPSA) is 12.0 Å². The molecule has 1 aromatic carbocycles. The van der Waals surface area contributed by atoms with E-state index in [0.717, 1.165) is 11.0 Å². The second-order valence-electron chi connectivity index (χ2n) is 3.98. The molecule has 90 valence electrons. The van der Waals surface area contributed by atoms with Gasteiger partial charge in [0.15, 0.2) is 0 Å². The van der Waals surface area contributed by atoms with Gasteiger partial charge in [0.25, 0.3) is 0 Å². The monoisotopic (exact) mass is 309 g/mol. The third-order valence-electron chi connectivity index (χ3n) is 2.80. The molecule has 0 saturated carbocycles. The van der Waals surface area contributed by atoms with Crippen molar-refractivity contribution in [3.63, 3.8) is 0 Å². The van der Waals surface area contributed by atoms with Crippen molar-refractivity contribution in [1.29, 1.82) is 0 Å². The first-order valence-corrected chi connectivity index (χ1v) is 7.42. The molecule has 0 saturated heterocycles. The van der Waals surface area contributed by atoms with E-state index in [1.54, 1.807) is 11.3 Å². The lowest BCUT2D eigenvalue weighted by Crippen LogP contribution is -2.22. The fourth-order valence-electron chi connectivity index (χ4n) is 1.99. The lowest BCUT2D eigenvalue weighted by molar-refractivity contribution is 0.630. The number of hydrogen-bond acceptors (Lipinski definition) is 2. The first kappa shape index (κ1) is 12.8. The largest absolute Gasteiger partial charge is 0.306 e. The van der Waals surface area contributed by atoms with Crippen LogP contribution in [0.15, 0.2) is 40.2 Å². The van der Waals surface area contributed by atoms with Crippen molar-refractivity contribution in [1.82, 2.24) is 5.32 Å². The van der Waals surface area contributed by atoms with Gasteiger partial charge in [-0.25, -0.2) is 0 Å². The highest BCUT2D eigenvalue weighted by Gasteiger charge is 2.15. The minimum absolute atomic E-state index is 0.295. The maximum Gasteiger partial charge on any atom is 0.0587 e. The van der Waals surface area contributed by atoms with Crippen LogP contribution in [0.3, 0.4) is 0 Å². The summed E-state index contributed by atoms with van der Waals surface area (Å²) in [5.74, 6) is 0. The molecule has 2 rings (SSSR count). The molecule has 1 heterocycles. The number of nitrogens with one attached hydrogen (secondary N) is 1. The van der Waals surface area contributed by atoms with Crippen LogP contribution < -0.4 is 5.32 Å². The van der Waals surface area contributed by atoms with E-state index in [9.17, 15) is 0 Å². The summed E-state index contributed by atoms with van der Waals surface area (Å²) in [7, 11) is 0. The summed E-state index contributed by atoms with van der Waals surface area (Å²) in [4.78, 5) is 1.39. The van der Waals surface area contributed by atoms with E-state index in [2.05, 4.69) is 70.8 Å². The van der Waals surface area contributed by atoms with E-state index >= 15 is 0 Å². The fraction of sp³-hybridized carbons (Fsp3) is 0.286. The SMILES string of the molecule is CCNC(c1cccc(Br)c1)c1ccsc1C. The van der Waals surface area contributed by atoms with Crippen LogP contribution in [0.25, 0.3) is 0 Å². The molecule has 0 aliphatic carbocycles. The highest BCUT2D eigenvalue weighted by Crippen LogP contribution is 2.29. The average Bonchev–Trinajstić information content (AvgIpc) is 2.72. The molecule has 0 aliphatic heterocycles. The normalized spacial score (nSPS) is 12.6. The molecule has 0 fully saturated rings. The standard InChI is InChI=1S/C14H16BrNS/c1-3-16-14(13-7-8-17-10(13)2)11-5-4-6-12(15)9-11/h4-9,14,16H,3H2,1-2H3. The molecule has 0 spiro atoms. The molecule has 17 heavy (non-hydrogen) atoms. The molecule has 0 radical (unpaired) electrons. The van der Waals surface area contributed by atoms with E-state index in [4.69, 9.17) is 0 Å². The van der Waals surface area contributed by atoms with Crippen LogP contribution in [0.4, 0.5) is 0 Å². The van der Waals surface area contributed by atoms with Gasteiger partial charge in [0, 0.05) is 9.35 Å². The summed E-state index contributed by atoms with van der Waals surface area (Å²) >= 11 is 5.34. The summed E-state index contributed by atoms with van der Waals surface area (Å²) in [5, 5.41) is 5.71. The maximum absolute atomic E-state index is 3.56. The summed E-state index contributed by atoms with van der Waals surface area (Å²) < 4.78 is 1.13. The molecule has 1 aromatic heterocycles. The van der Waals surface area contributed by atoms with Crippen molar-refractivity contribution >= 4 is 27.3 Å². The van der Waals surface area contributed by atoms with Crippen molar-refractivity contribution in [2.75, 3.05) is 6.54 Å². The van der Waals surface area contributed by atoms with Gasteiger partial charge in [-0.05, 0) is 48.2 Å². The molecular formula is C14H16BrNS. The molecule has 0 aliphatic rings. The second kappa shape index (κ2) is 5.80. The Bertz CT molecular complexity index is 492. The van der Waals surface area contributed by atoms with E-state index < -0.39 is 0 Å². The lowest BCUT2D eigenvalue weighted by atomic mass is 9.99. The van der Waals surface area contributed by atoms with Gasteiger partial charge in [-0.3, -0.25) is 0 Å². The molecule has 0 amide bonds. The van der Waals surface area contributed by atoms with Crippen molar-refractivity contribution < 1.29 is 0 Å². The van der Waals surface area contributed by atoms with Gasteiger partial charge >= 0.3 is 0 Å². The average molecular weight is 310 g/mol. The van der Waals surface area contributed by atoms with Crippen LogP contribution in [0.2, 0.25) is 0 Å². The van der Waals surface area contributed by atoms with Crippen LogP contribution in [-0.4, -0.2) is 6.54 Å². The number of hydrogen-bond donors (Lipinski definition) is 1. The summed E-state index contributed by atoms with van der Waals surface area (Å²) in [5.41, 5.74) is 2.69. The van der Waals surface area contributed by atoms with E-state index in [1.807, 2.05) is 0 Å². The summed E-state index contributed by atoms with van der Waals surface area (Å²) in [6, 6.07) is 11.0. The molecule has 1 nitrogen and oxygen atoms in total. The lowest BCUT2D eigenvalue weighted by Gasteiger charge is -2.19. The molecule has 1 N–H and O–H groups in total. The van der Waals surface area contributed by atoms with Gasteiger partial charge < -0.3 is 5.32 Å². The van der Waals surface area contributed by atoms with Crippen LogP contribution in [0, 0.1) is 6.92 Å². The highest BCUT2D eigenvalue weighted by atomic mass is 79.9. The molecular weight excluding hydrogens is 294 g/mol. The summed E-state index contributed by atoms with van der Waals surface area (Å²) in [6.45, 7) is 5.29. The quantitative estimate of drug-likeness (QED) is 0.875. The van der Waals surface area contributed by atoms with E-state index in [-0.39, 0.29) is 0 Å². The Morgan fingerprint density at radius 1 is 1.35 bits per heavy atom. The molecule has 1 atom stereocenters. The number of benzene rings is 1. The van der Waals surface area contributed by atoms with Crippen molar-refractivity contribution in [3.8, 4) is 0 Å². The van der Waals surface area contributed by atoms with Crippen molar-refractivity contribution in [3.05, 3.63) is 56.2 Å². The zero-order valence-corrected chi connectivity index (χ0v) is 12.4. The summed E-state index contributed by atoms with van der Waals surface area (Å²) in [6.07, 6.45) is 0. The van der Waals surface area contributed by atoms with Gasteiger partial charge in [-0.1, -0.05) is 35.0 Å². The van der Waals surface area contributed by atoms with E-state index in [1.165, 1.54) is 16.0 Å². The maximum atomic E-state index is 3.56. The highest BCUT2D eigenvalue weighted by molar-refractivity contribution is 9.10. The first-order chi connectivity index (χ1) is 8.22. The second-order valence-corrected chi connectivity index (χ2v) is 6.01. The Balaban J connectivity index is 2.39. The Morgan fingerprint density at radius 2 is 2.18 bits per heavy atom. The molecule has 2 aromatic rings. The Morgan fingerprint density at radius 3 is 2.76 bits per heavy atom. The predicted molar refractivity (Wildman–Crippen MR) is 78.7 cm³/mol. The third kappa shape index (κ3) is 2.97. The van der Waals surface area contributed by atoms with E-state index in [0.29, 0.717) is 6.04 Å². The smallest absolute Gasteiger partial charge is 0.0587 e. The van der Waals surface area contributed by atoms with Crippen LogP contribution in [-0.2, 0) is 0 Å². The van der Waals surface area contributed by atoms with Gasteiger partial charge in [0.2, 0.25) is 0 Å². The molecule has 0 bridgehead atoms. The van der Waals surface area contributed by atoms with Crippen LogP contribution in [0.1, 0.15) is 29.0 Å². The number of halogens is 1. The van der Waals surface area contributed by atoms with Gasteiger partial charge in [-0.2, -0.15) is 0 Å². The van der Waals surface area contributed by atoms with Crippen molar-refractivity contribution in [2.24, 2.45) is 0 Å². The number of aryl methyl sites for hydroxylation is 1. The predicted octanol–water partition coefficient (Wildman–Crippen LogP) is 4.52. The van der Waals surface area contributed by atoms with Gasteiger partial charge in [0.05, 0.1) is 6.04 Å². The zero-order chi connectivity index (χ0) is 12.3. The molecule has 3 heteroatoms. The Labute approximate surface area is 115 Å². The van der Waals surface area contributed by atoms with Crippen LogP contribution >= 0.6 is 27.3 Å². The van der Waals surface area contributed by atoms with Gasteiger partial charge in [-0.15, -0.1) is 11.3 Å². The minimum atomic E-state index is 0.295. The minimum Gasteiger partial charge on any atom is -0.306 e. The van der Waals surface area contributed by atoms with Gasteiger partial charge in [0.1, 0.15) is 0 Å². The van der Waals surface area contributed by atoms with Crippen LogP contribution in [0.5, 0.6) is 0 Å². The first-order valence-electron chi connectivity index (χ1n) is 5.75.